The Labute approximate surface area is 708 Å². The normalized spacial score (nSPS) is 31.8. The van der Waals surface area contributed by atoms with Crippen LogP contribution in [0.25, 0.3) is 0 Å². The highest BCUT2D eigenvalue weighted by Crippen LogP contribution is 2.71. The summed E-state index contributed by atoms with van der Waals surface area (Å²) in [6.45, 7) is 3.32. The number of hydrogen-bond acceptors (Lipinski definition) is 43. The number of phosphoric ester groups is 4. The summed E-state index contributed by atoms with van der Waals surface area (Å²) in [6, 6.07) is 3.10. The van der Waals surface area contributed by atoms with Crippen molar-refractivity contribution in [2.24, 2.45) is 0 Å². The van der Waals surface area contributed by atoms with Gasteiger partial charge in [0.1, 0.15) is 38.1 Å². The van der Waals surface area contributed by atoms with Gasteiger partial charge in [0, 0.05) is 55.1 Å². The molecule has 27 N–H and O–H groups in total. The SMILES string of the molecule is C=C=C[C@]1(F)[C@H](n2ccc(=O)[nH]c2=O)O[C@](F)(COP(=O)(O)OP(=O)(O)OP(=O)(O)O)[C@H]1O.C=C=C[C@]1(O)[C@H](n2ccc(=O)[nH]c2=O)O[C@](F)(COP(=O)(O)OP(=O)(O)OP(=O)(O)O)[C@H]1O.C=C[C@]1(O)[C@H](n2ccc(=O)[nH]c2=O)O[C@](F)(COP(=O)(O)OP(=O)(O)OP(=O)(O)O)[C@H]1O.CC[C@]1(O)[C@H](n2ccc(=O)[nH]c2=O)O[C@](F)(COP(=O)(O)OP(=O)(O)OP(=O)(O)O)[C@H]1O. The molecule has 0 amide bonds. The fourth-order valence-corrected chi connectivity index (χ4v) is 22.6. The van der Waals surface area contributed by atoms with Gasteiger partial charge in [0.2, 0.25) is 5.67 Å². The monoisotopic (exact) mass is 2140 g/mol. The molecule has 84 heteroatoms. The topological polar surface area (TPSA) is 1040 Å². The Morgan fingerprint density at radius 3 is 0.854 bits per heavy atom. The smallest absolute Gasteiger partial charge is 0.384 e. The standard InChI is InChI=1S/C12H15F2N2O14P3.C12H16FN2O15P3.C11H18FN2O15P3.C11H16FN2O15P3/c1-2-4-11(13)8(18)12(14,28-9(11)16-5-3-7(17)15-10(16)19)6-27-32(23,24)30-33(25,26)29-31(20,21)22;1-2-4-11(19)8(17)12(13,28-9(11)15-5-3-7(16)14-10(15)18)6-27-32(23,24)30-33(25,26)29-31(20,21)22;2*1-2-10(18)7(16)11(12,27-8(10)14-4-3-6(15)13-9(14)17)5-26-31(22,23)29-32(24,25)28-30(19,20)21/h3-5,8-9,18H,1,6H2,(H,23,24)(H,25,26)(H,15,17,19)(H2,20,21,22);3-5,8-9,17,19H,1,6H2,(H,23,24)(H,25,26)(H,14,16,18)(H2,20,21,22);3-4,7-8,16,18H,2,5H2,1H3,(H,22,23)(H,24,25)(H,13,15,17)(H2,19,20,21);2-4,7-8,16,18H,1,5H2,(H,22,23)(H,24,25)(H,13,15,17)(H2,19,20,21)/t2*8-,9+,11+,12+;2*7-,8+,10+,11+/m0000/s1. The molecule has 24 atom stereocenters. The average Bonchev–Trinajstić information content (AvgIpc) is 1.58. The van der Waals surface area contributed by atoms with Crippen molar-refractivity contribution >= 4 is 93.9 Å². The summed E-state index contributed by atoms with van der Waals surface area (Å²) in [5.74, 6) is -14.5. The summed E-state index contributed by atoms with van der Waals surface area (Å²) in [5, 5.41) is 72.9. The Kier molecular flexibility index (Phi) is 36.2. The molecule has 4 aliphatic heterocycles. The largest absolute Gasteiger partial charge is 0.490 e. The van der Waals surface area contributed by atoms with Gasteiger partial charge in [-0.3, -0.25) is 75.5 Å². The molecule has 0 saturated carbocycles. The molecule has 4 aliphatic rings. The number of aromatic nitrogens is 8. The molecule has 8 rings (SSSR count). The minimum absolute atomic E-state index is 0.310. The Morgan fingerprint density at radius 2 is 0.600 bits per heavy atom. The molecule has 8 unspecified atom stereocenters. The maximum absolute atomic E-state index is 15.5. The number of alkyl halides is 5. The number of aliphatic hydroxyl groups excluding tert-OH is 4. The second kappa shape index (κ2) is 40.9. The fraction of sp³-hybridized carbons (Fsp3) is 0.478. The van der Waals surface area contributed by atoms with Crippen LogP contribution in [-0.2, 0) is 126 Å². The molecule has 0 bridgehead atoms. The van der Waals surface area contributed by atoms with Gasteiger partial charge >= 0.3 is 117 Å². The molecule has 4 aromatic heterocycles. The Hall–Kier alpha value is -5.65. The summed E-state index contributed by atoms with van der Waals surface area (Å²) in [7, 11) is -69.7. The highest BCUT2D eigenvalue weighted by atomic mass is 31.3. The number of ether oxygens (including phenoxy) is 4. The number of nitrogens with one attached hydrogen (secondary N) is 4. The van der Waals surface area contributed by atoms with E-state index in [9.17, 15) is 148 Å². The Morgan fingerprint density at radius 1 is 0.369 bits per heavy atom. The van der Waals surface area contributed by atoms with E-state index >= 15 is 22.0 Å². The molecule has 8 heterocycles. The van der Waals surface area contributed by atoms with Crippen LogP contribution in [0.2, 0.25) is 0 Å². The minimum atomic E-state index is -5.95. The lowest BCUT2D eigenvalue weighted by atomic mass is 9.90. The number of phosphoric acid groups is 12. The lowest BCUT2D eigenvalue weighted by Crippen LogP contribution is -2.51. The van der Waals surface area contributed by atoms with Crippen LogP contribution < -0.4 is 45.0 Å². The molecule has 0 aliphatic carbocycles. The number of halogens is 5. The number of hydrogen-bond donors (Lipinski definition) is 27. The first kappa shape index (κ1) is 115. The van der Waals surface area contributed by atoms with E-state index in [1.54, 1.807) is 19.9 Å². The van der Waals surface area contributed by atoms with Crippen LogP contribution in [0.4, 0.5) is 22.0 Å². The average molecular weight is 2140 g/mol. The molecule has 4 saturated heterocycles. The predicted molar refractivity (Wildman–Crippen MR) is 391 cm³/mol. The Balaban J connectivity index is 0.000000307. The van der Waals surface area contributed by atoms with E-state index in [-0.39, 0.29) is 0 Å². The first-order valence-electron chi connectivity index (χ1n) is 32.2. The van der Waals surface area contributed by atoms with E-state index < -0.39 is 267 Å². The summed E-state index contributed by atoms with van der Waals surface area (Å²) < 4.78 is 276. The van der Waals surface area contributed by atoms with Crippen LogP contribution >= 0.6 is 93.9 Å². The third-order valence-electron chi connectivity index (χ3n) is 15.6. The van der Waals surface area contributed by atoms with E-state index in [1.165, 1.54) is 6.92 Å². The van der Waals surface area contributed by atoms with E-state index in [4.69, 9.17) is 77.7 Å². The van der Waals surface area contributed by atoms with Crippen molar-refractivity contribution in [2.75, 3.05) is 26.4 Å². The van der Waals surface area contributed by atoms with Crippen molar-refractivity contribution in [1.29, 1.82) is 0 Å². The first-order chi connectivity index (χ1) is 58.4. The van der Waals surface area contributed by atoms with Crippen molar-refractivity contribution < 1.29 is 262 Å². The van der Waals surface area contributed by atoms with Crippen LogP contribution in [0.3, 0.4) is 0 Å². The lowest BCUT2D eigenvalue weighted by Gasteiger charge is -2.30. The highest BCUT2D eigenvalue weighted by molar-refractivity contribution is 7.68. The van der Waals surface area contributed by atoms with Gasteiger partial charge in [-0.1, -0.05) is 32.7 Å². The summed E-state index contributed by atoms with van der Waals surface area (Å²) in [4.78, 5) is 242. The van der Waals surface area contributed by atoms with Crippen LogP contribution in [0.5, 0.6) is 0 Å². The van der Waals surface area contributed by atoms with Crippen molar-refractivity contribution in [3.63, 3.8) is 0 Å². The van der Waals surface area contributed by atoms with Gasteiger partial charge in [0.05, 0.1) is 0 Å². The quantitative estimate of drug-likeness (QED) is 0.00877. The van der Waals surface area contributed by atoms with Crippen molar-refractivity contribution in [1.82, 2.24) is 38.2 Å². The molecule has 67 nitrogen and oxygen atoms in total. The molecule has 0 spiro atoms. The van der Waals surface area contributed by atoms with Crippen LogP contribution in [0.15, 0.2) is 137 Å². The lowest BCUT2D eigenvalue weighted by molar-refractivity contribution is -0.205. The number of aliphatic hydroxyl groups is 7. The van der Waals surface area contributed by atoms with E-state index in [1.807, 2.05) is 11.5 Å². The molecule has 738 valence electrons. The third kappa shape index (κ3) is 30.2. The molecule has 0 aromatic carbocycles. The second-order valence-electron chi connectivity index (χ2n) is 25.0. The first-order valence-corrected chi connectivity index (χ1v) is 50.3. The highest BCUT2D eigenvalue weighted by Gasteiger charge is 2.70. The van der Waals surface area contributed by atoms with E-state index in [2.05, 4.69) is 72.3 Å². The number of aromatic amines is 4. The van der Waals surface area contributed by atoms with Gasteiger partial charge in [-0.2, -0.15) is 34.5 Å². The molecular formula is C46H65F5N8O59P12. The van der Waals surface area contributed by atoms with Crippen LogP contribution in [0, 0.1) is 0 Å². The van der Waals surface area contributed by atoms with E-state index in [0.29, 0.717) is 42.7 Å². The zero-order chi connectivity index (χ0) is 100. The predicted octanol–water partition coefficient (Wildman–Crippen LogP) is -5.08. The molecule has 4 fully saturated rings. The number of rotatable bonds is 36. The van der Waals surface area contributed by atoms with Crippen molar-refractivity contribution in [3.05, 3.63) is 182 Å². The minimum Gasteiger partial charge on any atom is -0.384 e. The molecular weight excluding hydrogens is 2080 g/mol. The van der Waals surface area contributed by atoms with Crippen LogP contribution in [0.1, 0.15) is 38.3 Å². The van der Waals surface area contributed by atoms with Crippen molar-refractivity contribution in [2.45, 2.75) is 109 Å². The van der Waals surface area contributed by atoms with Gasteiger partial charge in [0.25, 0.3) is 45.7 Å². The summed E-state index contributed by atoms with van der Waals surface area (Å²) >= 11 is 0. The van der Waals surface area contributed by atoms with Gasteiger partial charge < -0.3 is 133 Å². The van der Waals surface area contributed by atoms with Gasteiger partial charge in [-0.05, 0) is 12.5 Å². The van der Waals surface area contributed by atoms with Crippen LogP contribution in [-0.4, -0.2) is 249 Å². The summed E-state index contributed by atoms with van der Waals surface area (Å²) in [6.07, 6.45) is -15.4. The zero-order valence-corrected chi connectivity index (χ0v) is 73.4. The second-order valence-corrected chi connectivity index (χ2v) is 42.7. The van der Waals surface area contributed by atoms with Gasteiger partial charge in [0.15, 0.2) is 54.4 Å². The zero-order valence-electron chi connectivity index (χ0n) is 62.7. The number of nitrogens with zero attached hydrogens (tertiary/aromatic N) is 4. The maximum atomic E-state index is 15.5. The van der Waals surface area contributed by atoms with Gasteiger partial charge in [-0.15, -0.1) is 11.5 Å². The Bertz CT molecular complexity index is 5970. The summed E-state index contributed by atoms with van der Waals surface area (Å²) in [5.41, 5.74) is -16.0. The number of H-pyrrole nitrogens is 4. The molecule has 0 radical (unpaired) electrons. The third-order valence-corrected chi connectivity index (χ3v) is 30.7. The molecule has 130 heavy (non-hydrogen) atoms. The van der Waals surface area contributed by atoms with Crippen molar-refractivity contribution in [3.8, 4) is 0 Å². The fourth-order valence-electron chi connectivity index (χ4n) is 10.4. The maximum Gasteiger partial charge on any atom is 0.490 e. The van der Waals surface area contributed by atoms with Gasteiger partial charge in [-0.25, -0.2) is 95.9 Å². The van der Waals surface area contributed by atoms with E-state index in [0.717, 1.165) is 42.9 Å². The molecule has 4 aromatic rings.